The van der Waals surface area contributed by atoms with Gasteiger partial charge in [-0.2, -0.15) is 5.10 Å². The number of carbonyl (C=O) groups excluding carboxylic acids is 1. The number of anilines is 2. The fourth-order valence-corrected chi connectivity index (χ4v) is 4.50. The smallest absolute Gasteiger partial charge is 0.262 e. The van der Waals surface area contributed by atoms with E-state index in [2.05, 4.69) is 20.2 Å². The van der Waals surface area contributed by atoms with Crippen LogP contribution in [-0.4, -0.2) is 31.6 Å². The zero-order valence-corrected chi connectivity index (χ0v) is 17.7. The highest BCUT2D eigenvalue weighted by Gasteiger charge is 2.20. The van der Waals surface area contributed by atoms with E-state index >= 15 is 0 Å². The molecule has 0 saturated carbocycles. The lowest BCUT2D eigenvalue weighted by Crippen LogP contribution is -2.17. The highest BCUT2D eigenvalue weighted by molar-refractivity contribution is 7.92. The van der Waals surface area contributed by atoms with Crippen molar-refractivity contribution >= 4 is 38.2 Å². The van der Waals surface area contributed by atoms with Gasteiger partial charge in [0.25, 0.3) is 15.9 Å². The Hall–Kier alpha value is -3.85. The number of nitrogens with zero attached hydrogens (tertiary/aromatic N) is 1. The molecule has 0 atom stereocenters. The molecule has 31 heavy (non-hydrogen) atoms. The number of fused-ring (bicyclic) bond motifs is 1. The van der Waals surface area contributed by atoms with Gasteiger partial charge in [-0.1, -0.05) is 18.2 Å². The average Bonchev–Trinajstić information content (AvgIpc) is 3.24. The van der Waals surface area contributed by atoms with Gasteiger partial charge in [-0.3, -0.25) is 14.6 Å². The van der Waals surface area contributed by atoms with Crippen LogP contribution in [-0.2, 0) is 10.0 Å². The van der Waals surface area contributed by atoms with Crippen molar-refractivity contribution in [2.45, 2.75) is 11.8 Å². The van der Waals surface area contributed by atoms with Crippen molar-refractivity contribution in [2.24, 2.45) is 0 Å². The number of nitrogens with one attached hydrogen (secondary N) is 3. The van der Waals surface area contributed by atoms with Gasteiger partial charge in [0.15, 0.2) is 0 Å². The maximum absolute atomic E-state index is 13.0. The standard InChI is InChI=1S/C22H20N4O4S/c1-14-6-7-15(22(27)24-19-5-3-4-16-13-23-25-21(16)19)12-20(14)31(28,29)26-17-8-10-18(30-2)11-9-17/h3-13,26H,1-2H3,(H,23,25)(H,24,27). The van der Waals surface area contributed by atoms with Crippen LogP contribution in [0.4, 0.5) is 11.4 Å². The number of aromatic nitrogens is 2. The summed E-state index contributed by atoms with van der Waals surface area (Å²) in [7, 11) is -2.37. The number of H-pyrrole nitrogens is 1. The van der Waals surface area contributed by atoms with Crippen LogP contribution in [0, 0.1) is 6.92 Å². The first-order chi connectivity index (χ1) is 14.9. The molecule has 3 N–H and O–H groups in total. The van der Waals surface area contributed by atoms with Crippen molar-refractivity contribution in [3.63, 3.8) is 0 Å². The fourth-order valence-electron chi connectivity index (χ4n) is 3.17. The van der Waals surface area contributed by atoms with Gasteiger partial charge in [0, 0.05) is 16.6 Å². The van der Waals surface area contributed by atoms with E-state index in [0.29, 0.717) is 28.2 Å². The van der Waals surface area contributed by atoms with Gasteiger partial charge in [0.1, 0.15) is 5.75 Å². The minimum atomic E-state index is -3.91. The average molecular weight is 436 g/mol. The predicted molar refractivity (Wildman–Crippen MR) is 119 cm³/mol. The molecule has 0 unspecified atom stereocenters. The van der Waals surface area contributed by atoms with Gasteiger partial charge >= 0.3 is 0 Å². The number of rotatable bonds is 6. The fraction of sp³-hybridized carbons (Fsp3) is 0.0909. The molecule has 0 bridgehead atoms. The number of hydrogen-bond donors (Lipinski definition) is 3. The predicted octanol–water partition coefficient (Wildman–Crippen LogP) is 3.93. The summed E-state index contributed by atoms with van der Waals surface area (Å²) in [4.78, 5) is 12.8. The zero-order valence-electron chi connectivity index (χ0n) is 16.8. The van der Waals surface area contributed by atoms with Crippen molar-refractivity contribution in [3.8, 4) is 5.75 Å². The van der Waals surface area contributed by atoms with E-state index in [1.807, 2.05) is 6.07 Å². The molecule has 0 saturated heterocycles. The molecule has 9 heteroatoms. The first-order valence-electron chi connectivity index (χ1n) is 9.38. The van der Waals surface area contributed by atoms with Crippen LogP contribution in [0.25, 0.3) is 10.9 Å². The minimum absolute atomic E-state index is 0.0238. The van der Waals surface area contributed by atoms with Crippen LogP contribution >= 0.6 is 0 Å². The highest BCUT2D eigenvalue weighted by atomic mass is 32.2. The molecular weight excluding hydrogens is 416 g/mol. The van der Waals surface area contributed by atoms with E-state index in [1.165, 1.54) is 13.2 Å². The lowest BCUT2D eigenvalue weighted by atomic mass is 10.1. The number of sulfonamides is 1. The second-order valence-electron chi connectivity index (χ2n) is 6.91. The van der Waals surface area contributed by atoms with E-state index in [9.17, 15) is 13.2 Å². The number of aromatic amines is 1. The Labute approximate surface area is 179 Å². The summed E-state index contributed by atoms with van der Waals surface area (Å²) in [5, 5.41) is 10.5. The van der Waals surface area contributed by atoms with E-state index in [4.69, 9.17) is 4.74 Å². The SMILES string of the molecule is COc1ccc(NS(=O)(=O)c2cc(C(=O)Nc3cccc4cn[nH]c34)ccc2C)cc1. The third-order valence-corrected chi connectivity index (χ3v) is 6.33. The molecule has 4 aromatic rings. The third kappa shape index (κ3) is 4.22. The van der Waals surface area contributed by atoms with Crippen molar-refractivity contribution in [1.82, 2.24) is 10.2 Å². The number of para-hydroxylation sites is 1. The lowest BCUT2D eigenvalue weighted by Gasteiger charge is -2.13. The van der Waals surface area contributed by atoms with Gasteiger partial charge in [-0.05, 0) is 55.0 Å². The summed E-state index contributed by atoms with van der Waals surface area (Å²) in [5.41, 5.74) is 2.38. The minimum Gasteiger partial charge on any atom is -0.497 e. The Kier molecular flexibility index (Phi) is 5.35. The lowest BCUT2D eigenvalue weighted by molar-refractivity contribution is 0.102. The summed E-state index contributed by atoms with van der Waals surface area (Å²) >= 11 is 0. The van der Waals surface area contributed by atoms with Crippen LogP contribution in [0.2, 0.25) is 0 Å². The summed E-state index contributed by atoms with van der Waals surface area (Å²) in [6.45, 7) is 1.68. The molecule has 0 radical (unpaired) electrons. The second-order valence-corrected chi connectivity index (χ2v) is 8.56. The van der Waals surface area contributed by atoms with Crippen LogP contribution in [0.3, 0.4) is 0 Å². The Morgan fingerprint density at radius 3 is 2.58 bits per heavy atom. The van der Waals surface area contributed by atoms with E-state index in [0.717, 1.165) is 5.39 Å². The molecule has 0 spiro atoms. The molecule has 4 rings (SSSR count). The number of hydrogen-bond acceptors (Lipinski definition) is 5. The summed E-state index contributed by atoms with van der Waals surface area (Å²) in [6.07, 6.45) is 1.66. The number of benzene rings is 3. The Morgan fingerprint density at radius 1 is 1.06 bits per heavy atom. The number of carbonyl (C=O) groups is 1. The molecule has 0 aliphatic rings. The summed E-state index contributed by atoms with van der Waals surface area (Å²) in [6, 6.07) is 16.5. The van der Waals surface area contributed by atoms with Gasteiger partial charge in [0.2, 0.25) is 0 Å². The van der Waals surface area contributed by atoms with Gasteiger partial charge in [-0.25, -0.2) is 8.42 Å². The van der Waals surface area contributed by atoms with Crippen LogP contribution in [0.1, 0.15) is 15.9 Å². The third-order valence-electron chi connectivity index (χ3n) is 4.81. The normalized spacial score (nSPS) is 11.3. The van der Waals surface area contributed by atoms with Crippen molar-refractivity contribution in [3.05, 3.63) is 78.0 Å². The van der Waals surface area contributed by atoms with E-state index in [1.54, 1.807) is 61.7 Å². The largest absolute Gasteiger partial charge is 0.497 e. The molecule has 0 aliphatic heterocycles. The monoisotopic (exact) mass is 436 g/mol. The molecule has 1 heterocycles. The van der Waals surface area contributed by atoms with Gasteiger partial charge in [0.05, 0.1) is 29.4 Å². The highest BCUT2D eigenvalue weighted by Crippen LogP contribution is 2.24. The van der Waals surface area contributed by atoms with Gasteiger partial charge < -0.3 is 10.1 Å². The van der Waals surface area contributed by atoms with E-state index in [-0.39, 0.29) is 10.5 Å². The molecule has 1 amide bonds. The first kappa shape index (κ1) is 20.4. The first-order valence-corrected chi connectivity index (χ1v) is 10.9. The molecule has 158 valence electrons. The van der Waals surface area contributed by atoms with Crippen LogP contribution in [0.5, 0.6) is 5.75 Å². The Morgan fingerprint density at radius 2 is 1.84 bits per heavy atom. The topological polar surface area (TPSA) is 113 Å². The molecule has 8 nitrogen and oxygen atoms in total. The Balaban J connectivity index is 1.61. The second kappa shape index (κ2) is 8.11. The quantitative estimate of drug-likeness (QED) is 0.424. The molecule has 0 aliphatic carbocycles. The van der Waals surface area contributed by atoms with Gasteiger partial charge in [-0.15, -0.1) is 0 Å². The van der Waals surface area contributed by atoms with Crippen molar-refractivity contribution in [1.29, 1.82) is 0 Å². The molecule has 0 fully saturated rings. The maximum Gasteiger partial charge on any atom is 0.262 e. The molecule has 3 aromatic carbocycles. The number of aryl methyl sites for hydroxylation is 1. The number of methoxy groups -OCH3 is 1. The number of amides is 1. The van der Waals surface area contributed by atoms with E-state index < -0.39 is 15.9 Å². The summed E-state index contributed by atoms with van der Waals surface area (Å²) in [5.74, 6) is 0.188. The van der Waals surface area contributed by atoms with Crippen molar-refractivity contribution < 1.29 is 17.9 Å². The van der Waals surface area contributed by atoms with Crippen LogP contribution in [0.15, 0.2) is 71.8 Å². The zero-order chi connectivity index (χ0) is 22.0. The Bertz CT molecular complexity index is 1360. The maximum atomic E-state index is 13.0. The molecular formula is C22H20N4O4S. The number of ether oxygens (including phenoxy) is 1. The molecule has 1 aromatic heterocycles. The van der Waals surface area contributed by atoms with Crippen molar-refractivity contribution in [2.75, 3.05) is 17.1 Å². The summed E-state index contributed by atoms with van der Waals surface area (Å²) < 4.78 is 33.5. The van der Waals surface area contributed by atoms with Crippen LogP contribution < -0.4 is 14.8 Å².